The van der Waals surface area contributed by atoms with E-state index in [0.29, 0.717) is 13.2 Å². The molecule has 0 aliphatic rings. The summed E-state index contributed by atoms with van der Waals surface area (Å²) in [7, 11) is 1.82. The molecule has 0 amide bonds. The first-order valence-corrected chi connectivity index (χ1v) is 7.41. The van der Waals surface area contributed by atoms with Gasteiger partial charge in [-0.3, -0.25) is 4.99 Å². The highest BCUT2D eigenvalue weighted by Crippen LogP contribution is 2.00. The molecular weight excluding hydrogens is 242 g/mol. The van der Waals surface area contributed by atoms with E-state index in [4.69, 9.17) is 9.47 Å². The lowest BCUT2D eigenvalue weighted by Gasteiger charge is -2.17. The van der Waals surface area contributed by atoms with Crippen molar-refractivity contribution in [2.75, 3.05) is 39.9 Å². The van der Waals surface area contributed by atoms with Crippen LogP contribution < -0.4 is 10.6 Å². The number of hydrogen-bond donors (Lipinski definition) is 2. The fourth-order valence-electron chi connectivity index (χ4n) is 1.71. The third-order valence-corrected chi connectivity index (χ3v) is 2.65. The van der Waals surface area contributed by atoms with Crippen molar-refractivity contribution in [3.8, 4) is 0 Å². The van der Waals surface area contributed by atoms with Gasteiger partial charge in [-0.05, 0) is 26.8 Å². The van der Waals surface area contributed by atoms with Gasteiger partial charge in [-0.15, -0.1) is 0 Å². The maximum Gasteiger partial charge on any atom is 0.159 e. The summed E-state index contributed by atoms with van der Waals surface area (Å²) in [4.78, 5) is 4.26. The lowest BCUT2D eigenvalue weighted by atomic mass is 10.3. The van der Waals surface area contributed by atoms with Gasteiger partial charge >= 0.3 is 0 Å². The van der Waals surface area contributed by atoms with E-state index in [2.05, 4.69) is 22.5 Å². The number of aliphatic imine (C=N–C) groups is 1. The molecule has 5 nitrogen and oxygen atoms in total. The van der Waals surface area contributed by atoms with E-state index in [0.717, 1.165) is 44.7 Å². The molecule has 19 heavy (non-hydrogen) atoms. The number of rotatable bonds is 12. The third kappa shape index (κ3) is 10.9. The van der Waals surface area contributed by atoms with Crippen molar-refractivity contribution < 1.29 is 9.47 Å². The van der Waals surface area contributed by atoms with Crippen LogP contribution in [0, 0.1) is 0 Å². The molecule has 0 aliphatic carbocycles. The highest BCUT2D eigenvalue weighted by Gasteiger charge is 2.07. The SMILES string of the molecule is CCCNCC/C(=N\C)NCCC(OCC)OCC. The molecule has 0 aromatic heterocycles. The van der Waals surface area contributed by atoms with Crippen molar-refractivity contribution in [3.05, 3.63) is 0 Å². The van der Waals surface area contributed by atoms with Crippen molar-refractivity contribution in [2.24, 2.45) is 4.99 Å². The molecule has 0 aromatic carbocycles. The first kappa shape index (κ1) is 18.4. The van der Waals surface area contributed by atoms with Gasteiger partial charge in [-0.25, -0.2) is 0 Å². The second-order valence-electron chi connectivity index (χ2n) is 4.23. The molecule has 0 fully saturated rings. The molecule has 0 heterocycles. The highest BCUT2D eigenvalue weighted by atomic mass is 16.7. The summed E-state index contributed by atoms with van der Waals surface area (Å²) in [6, 6.07) is 0. The molecule has 0 aromatic rings. The van der Waals surface area contributed by atoms with Crippen LogP contribution in [0.5, 0.6) is 0 Å². The van der Waals surface area contributed by atoms with Crippen molar-refractivity contribution >= 4 is 5.84 Å². The summed E-state index contributed by atoms with van der Waals surface area (Å²) in [6.07, 6.45) is 2.82. The fraction of sp³-hybridized carbons (Fsp3) is 0.929. The van der Waals surface area contributed by atoms with E-state index in [1.165, 1.54) is 0 Å². The van der Waals surface area contributed by atoms with Crippen molar-refractivity contribution in [2.45, 2.75) is 46.3 Å². The van der Waals surface area contributed by atoms with E-state index in [1.807, 2.05) is 20.9 Å². The number of amidine groups is 1. The molecule has 2 N–H and O–H groups in total. The molecule has 0 unspecified atom stereocenters. The van der Waals surface area contributed by atoms with Gasteiger partial charge in [-0.2, -0.15) is 0 Å². The fourth-order valence-corrected chi connectivity index (χ4v) is 1.71. The van der Waals surface area contributed by atoms with Crippen LogP contribution in [0.3, 0.4) is 0 Å². The van der Waals surface area contributed by atoms with Crippen LogP contribution in [0.4, 0.5) is 0 Å². The summed E-state index contributed by atoms with van der Waals surface area (Å²) < 4.78 is 11.0. The van der Waals surface area contributed by atoms with E-state index >= 15 is 0 Å². The summed E-state index contributed by atoms with van der Waals surface area (Å²) in [6.45, 7) is 10.4. The van der Waals surface area contributed by atoms with E-state index < -0.39 is 0 Å². The molecule has 0 saturated heterocycles. The minimum absolute atomic E-state index is 0.112. The number of ether oxygens (including phenoxy) is 2. The molecule has 0 atom stereocenters. The van der Waals surface area contributed by atoms with Crippen LogP contribution in [-0.4, -0.2) is 52.0 Å². The van der Waals surface area contributed by atoms with Crippen LogP contribution in [0.15, 0.2) is 4.99 Å². The van der Waals surface area contributed by atoms with E-state index in [9.17, 15) is 0 Å². The van der Waals surface area contributed by atoms with Crippen molar-refractivity contribution in [1.29, 1.82) is 0 Å². The average molecular weight is 273 g/mol. The zero-order chi connectivity index (χ0) is 14.3. The zero-order valence-corrected chi connectivity index (χ0v) is 13.0. The maximum absolute atomic E-state index is 5.50. The first-order valence-electron chi connectivity index (χ1n) is 7.41. The van der Waals surface area contributed by atoms with Crippen LogP contribution in [-0.2, 0) is 9.47 Å². The largest absolute Gasteiger partial charge is 0.374 e. The van der Waals surface area contributed by atoms with Crippen LogP contribution in [0.25, 0.3) is 0 Å². The van der Waals surface area contributed by atoms with Gasteiger partial charge in [0, 0.05) is 46.2 Å². The lowest BCUT2D eigenvalue weighted by Crippen LogP contribution is -2.31. The number of nitrogens with zero attached hydrogens (tertiary/aromatic N) is 1. The standard InChI is InChI=1S/C14H31N3O2/c1-5-10-16-11-8-13(15-4)17-12-9-14(18-6-2)19-7-3/h14,16H,5-12H2,1-4H3,(H,15,17). The Kier molecular flexibility index (Phi) is 13.3. The van der Waals surface area contributed by atoms with Crippen LogP contribution in [0.2, 0.25) is 0 Å². The Balaban J connectivity index is 3.74. The molecule has 0 spiro atoms. The molecule has 0 radical (unpaired) electrons. The average Bonchev–Trinajstić information content (AvgIpc) is 2.42. The second-order valence-corrected chi connectivity index (χ2v) is 4.23. The van der Waals surface area contributed by atoms with Gasteiger partial charge in [0.05, 0.1) is 5.84 Å². The van der Waals surface area contributed by atoms with Gasteiger partial charge in [-0.1, -0.05) is 6.92 Å². The molecule has 0 rings (SSSR count). The van der Waals surface area contributed by atoms with Crippen molar-refractivity contribution in [1.82, 2.24) is 10.6 Å². The quantitative estimate of drug-likeness (QED) is 0.246. The topological polar surface area (TPSA) is 54.9 Å². The third-order valence-electron chi connectivity index (χ3n) is 2.65. The minimum atomic E-state index is -0.112. The Hall–Kier alpha value is -0.650. The Labute approximate surface area is 118 Å². The van der Waals surface area contributed by atoms with Gasteiger partial charge in [0.15, 0.2) is 6.29 Å². The molecule has 5 heteroatoms. The predicted molar refractivity (Wildman–Crippen MR) is 80.8 cm³/mol. The summed E-state index contributed by atoms with van der Waals surface area (Å²) in [5.41, 5.74) is 0. The van der Waals surface area contributed by atoms with Crippen molar-refractivity contribution in [3.63, 3.8) is 0 Å². The Morgan fingerprint density at radius 2 is 1.74 bits per heavy atom. The Morgan fingerprint density at radius 1 is 1.05 bits per heavy atom. The summed E-state index contributed by atoms with van der Waals surface area (Å²) >= 11 is 0. The highest BCUT2D eigenvalue weighted by molar-refractivity contribution is 5.82. The normalized spacial score (nSPS) is 12.2. The summed E-state index contributed by atoms with van der Waals surface area (Å²) in [5.74, 6) is 1.04. The Bertz CT molecular complexity index is 217. The Morgan fingerprint density at radius 3 is 2.26 bits per heavy atom. The molecular formula is C14H31N3O2. The van der Waals surface area contributed by atoms with Gasteiger partial charge in [0.1, 0.15) is 0 Å². The zero-order valence-electron chi connectivity index (χ0n) is 13.0. The predicted octanol–water partition coefficient (Wildman–Crippen LogP) is 1.78. The molecule has 0 saturated carbocycles. The number of hydrogen-bond acceptors (Lipinski definition) is 4. The molecule has 0 bridgehead atoms. The minimum Gasteiger partial charge on any atom is -0.374 e. The van der Waals surface area contributed by atoms with E-state index in [1.54, 1.807) is 0 Å². The molecule has 0 aliphatic heterocycles. The van der Waals surface area contributed by atoms with Crippen LogP contribution >= 0.6 is 0 Å². The maximum atomic E-state index is 5.50. The van der Waals surface area contributed by atoms with Gasteiger partial charge in [0.2, 0.25) is 0 Å². The smallest absolute Gasteiger partial charge is 0.159 e. The number of nitrogens with one attached hydrogen (secondary N) is 2. The van der Waals surface area contributed by atoms with Gasteiger partial charge < -0.3 is 20.1 Å². The van der Waals surface area contributed by atoms with Gasteiger partial charge in [0.25, 0.3) is 0 Å². The summed E-state index contributed by atoms with van der Waals surface area (Å²) in [5, 5.41) is 6.71. The monoisotopic (exact) mass is 273 g/mol. The van der Waals surface area contributed by atoms with Crippen LogP contribution in [0.1, 0.15) is 40.0 Å². The lowest BCUT2D eigenvalue weighted by molar-refractivity contribution is -0.138. The van der Waals surface area contributed by atoms with E-state index in [-0.39, 0.29) is 6.29 Å². The molecule has 114 valence electrons. The first-order chi connectivity index (χ1) is 9.28. The second kappa shape index (κ2) is 13.8.